The zero-order valence-corrected chi connectivity index (χ0v) is 9.00. The van der Waals surface area contributed by atoms with Crippen molar-refractivity contribution in [3.8, 4) is 0 Å². The Morgan fingerprint density at radius 2 is 2.14 bits per heavy atom. The van der Waals surface area contributed by atoms with Crippen molar-refractivity contribution in [1.29, 1.82) is 0 Å². The Morgan fingerprint density at radius 1 is 1.29 bits per heavy atom. The average Bonchev–Trinajstić information content (AvgIpc) is 2.86. The fraction of sp³-hybridized carbons (Fsp3) is 1.00. The first-order chi connectivity index (χ1) is 6.95. The molecule has 0 saturated carbocycles. The zero-order valence-electron chi connectivity index (χ0n) is 9.00. The van der Waals surface area contributed by atoms with E-state index in [0.717, 1.165) is 32.2 Å². The Morgan fingerprint density at radius 3 is 2.86 bits per heavy atom. The predicted molar refractivity (Wildman–Crippen MR) is 57.5 cm³/mol. The summed E-state index contributed by atoms with van der Waals surface area (Å²) in [6.07, 6.45) is 4.06. The monoisotopic (exact) mass is 198 g/mol. The maximum atomic E-state index is 5.70. The third kappa shape index (κ3) is 3.23. The van der Waals surface area contributed by atoms with Crippen LogP contribution in [0.1, 0.15) is 19.3 Å². The van der Waals surface area contributed by atoms with Crippen LogP contribution in [0.3, 0.4) is 0 Å². The molecule has 82 valence electrons. The van der Waals surface area contributed by atoms with Gasteiger partial charge in [-0.2, -0.15) is 0 Å². The highest BCUT2D eigenvalue weighted by Crippen LogP contribution is 2.08. The molecule has 0 spiro atoms. The first-order valence-corrected chi connectivity index (χ1v) is 5.96. The normalized spacial score (nSPS) is 28.7. The Labute approximate surface area is 86.8 Å². The van der Waals surface area contributed by atoms with Crippen LogP contribution in [0.4, 0.5) is 0 Å². The highest BCUT2D eigenvalue weighted by molar-refractivity contribution is 4.70. The van der Waals surface area contributed by atoms with Crippen LogP contribution in [0.15, 0.2) is 0 Å². The SMILES string of the molecule is C1CCN(CCOC[C@@H]2CCNC2)C1. The molecule has 0 radical (unpaired) electrons. The molecule has 0 aromatic carbocycles. The molecule has 2 aliphatic rings. The van der Waals surface area contributed by atoms with Crippen molar-refractivity contribution in [2.45, 2.75) is 19.3 Å². The van der Waals surface area contributed by atoms with E-state index in [1.807, 2.05) is 0 Å². The van der Waals surface area contributed by atoms with E-state index >= 15 is 0 Å². The third-order valence-corrected chi connectivity index (χ3v) is 3.27. The number of ether oxygens (including phenoxy) is 1. The van der Waals surface area contributed by atoms with Gasteiger partial charge in [-0.1, -0.05) is 0 Å². The van der Waals surface area contributed by atoms with Crippen molar-refractivity contribution in [3.63, 3.8) is 0 Å². The van der Waals surface area contributed by atoms with E-state index in [1.165, 1.54) is 38.9 Å². The molecular weight excluding hydrogens is 176 g/mol. The summed E-state index contributed by atoms with van der Waals surface area (Å²) in [6.45, 7) is 7.93. The first-order valence-electron chi connectivity index (χ1n) is 5.96. The minimum atomic E-state index is 0.772. The second-order valence-electron chi connectivity index (χ2n) is 4.48. The first kappa shape index (κ1) is 10.4. The Hall–Kier alpha value is -0.120. The number of hydrogen-bond acceptors (Lipinski definition) is 3. The molecular formula is C11H22N2O. The summed E-state index contributed by atoms with van der Waals surface area (Å²) < 4.78 is 5.70. The summed E-state index contributed by atoms with van der Waals surface area (Å²) in [5.41, 5.74) is 0. The van der Waals surface area contributed by atoms with Gasteiger partial charge >= 0.3 is 0 Å². The van der Waals surface area contributed by atoms with Crippen molar-refractivity contribution in [2.75, 3.05) is 45.9 Å². The molecule has 0 bridgehead atoms. The maximum Gasteiger partial charge on any atom is 0.0593 e. The van der Waals surface area contributed by atoms with Crippen LogP contribution >= 0.6 is 0 Å². The second-order valence-corrected chi connectivity index (χ2v) is 4.48. The predicted octanol–water partition coefficient (Wildman–Crippen LogP) is 0.708. The summed E-state index contributed by atoms with van der Waals surface area (Å²) in [6, 6.07) is 0. The van der Waals surface area contributed by atoms with Crippen LogP contribution in [-0.2, 0) is 4.74 Å². The van der Waals surface area contributed by atoms with E-state index in [2.05, 4.69) is 10.2 Å². The van der Waals surface area contributed by atoms with E-state index in [0.29, 0.717) is 0 Å². The summed E-state index contributed by atoms with van der Waals surface area (Å²) in [5, 5.41) is 3.36. The van der Waals surface area contributed by atoms with Gasteiger partial charge in [0, 0.05) is 13.1 Å². The molecule has 2 fully saturated rings. The third-order valence-electron chi connectivity index (χ3n) is 3.27. The number of rotatable bonds is 5. The van der Waals surface area contributed by atoms with Crippen LogP contribution in [0.25, 0.3) is 0 Å². The molecule has 3 heteroatoms. The van der Waals surface area contributed by atoms with Crippen LogP contribution in [0.5, 0.6) is 0 Å². The topological polar surface area (TPSA) is 24.5 Å². The number of nitrogens with zero attached hydrogens (tertiary/aromatic N) is 1. The highest BCUT2D eigenvalue weighted by Gasteiger charge is 2.15. The molecule has 1 atom stereocenters. The van der Waals surface area contributed by atoms with Crippen molar-refractivity contribution >= 4 is 0 Å². The van der Waals surface area contributed by atoms with Crippen molar-refractivity contribution in [2.24, 2.45) is 5.92 Å². The van der Waals surface area contributed by atoms with Crippen LogP contribution < -0.4 is 5.32 Å². The molecule has 1 N–H and O–H groups in total. The van der Waals surface area contributed by atoms with Crippen molar-refractivity contribution in [1.82, 2.24) is 10.2 Å². The van der Waals surface area contributed by atoms with Gasteiger partial charge in [-0.3, -0.25) is 0 Å². The molecule has 0 unspecified atom stereocenters. The summed E-state index contributed by atoms with van der Waals surface area (Å²) >= 11 is 0. The smallest absolute Gasteiger partial charge is 0.0593 e. The lowest BCUT2D eigenvalue weighted by Crippen LogP contribution is -2.25. The lowest BCUT2D eigenvalue weighted by Gasteiger charge is -2.15. The average molecular weight is 198 g/mol. The molecule has 2 heterocycles. The standard InChI is InChI=1S/C11H22N2O/c1-2-6-13(5-1)7-8-14-10-11-3-4-12-9-11/h11-12H,1-10H2/t11-/m1/s1. The van der Waals surface area contributed by atoms with Crippen LogP contribution in [0.2, 0.25) is 0 Å². The van der Waals surface area contributed by atoms with Gasteiger partial charge in [0.1, 0.15) is 0 Å². The quantitative estimate of drug-likeness (QED) is 0.658. The van der Waals surface area contributed by atoms with Gasteiger partial charge in [0.15, 0.2) is 0 Å². The van der Waals surface area contributed by atoms with Gasteiger partial charge < -0.3 is 15.0 Å². The summed E-state index contributed by atoms with van der Waals surface area (Å²) in [5.74, 6) is 0.772. The molecule has 0 amide bonds. The number of hydrogen-bond donors (Lipinski definition) is 1. The van der Waals surface area contributed by atoms with Crippen LogP contribution in [-0.4, -0.2) is 50.8 Å². The molecule has 14 heavy (non-hydrogen) atoms. The highest BCUT2D eigenvalue weighted by atomic mass is 16.5. The van der Waals surface area contributed by atoms with E-state index < -0.39 is 0 Å². The Bertz CT molecular complexity index is 133. The molecule has 3 nitrogen and oxygen atoms in total. The van der Waals surface area contributed by atoms with Gasteiger partial charge in [0.25, 0.3) is 0 Å². The van der Waals surface area contributed by atoms with Gasteiger partial charge in [-0.15, -0.1) is 0 Å². The fourth-order valence-electron chi connectivity index (χ4n) is 2.31. The van der Waals surface area contributed by atoms with Crippen LogP contribution in [0, 0.1) is 5.92 Å². The minimum Gasteiger partial charge on any atom is -0.380 e. The van der Waals surface area contributed by atoms with Crippen molar-refractivity contribution < 1.29 is 4.74 Å². The number of likely N-dealkylation sites (tertiary alicyclic amines) is 1. The largest absolute Gasteiger partial charge is 0.380 e. The molecule has 0 aromatic heterocycles. The van der Waals surface area contributed by atoms with Gasteiger partial charge in [-0.05, 0) is 44.8 Å². The molecule has 2 rings (SSSR count). The van der Waals surface area contributed by atoms with E-state index in [4.69, 9.17) is 4.74 Å². The number of nitrogens with one attached hydrogen (secondary N) is 1. The fourth-order valence-corrected chi connectivity index (χ4v) is 2.31. The lowest BCUT2D eigenvalue weighted by atomic mass is 10.1. The van der Waals surface area contributed by atoms with Gasteiger partial charge in [0.05, 0.1) is 13.2 Å². The maximum absolute atomic E-state index is 5.70. The van der Waals surface area contributed by atoms with Gasteiger partial charge in [0.2, 0.25) is 0 Å². The second kappa shape index (κ2) is 5.69. The Kier molecular flexibility index (Phi) is 4.22. The lowest BCUT2D eigenvalue weighted by molar-refractivity contribution is 0.0873. The minimum absolute atomic E-state index is 0.772. The molecule has 0 aromatic rings. The van der Waals surface area contributed by atoms with E-state index in [-0.39, 0.29) is 0 Å². The molecule has 2 aliphatic heterocycles. The van der Waals surface area contributed by atoms with E-state index in [1.54, 1.807) is 0 Å². The summed E-state index contributed by atoms with van der Waals surface area (Å²) in [4.78, 5) is 2.51. The van der Waals surface area contributed by atoms with E-state index in [9.17, 15) is 0 Å². The Balaban J connectivity index is 1.46. The molecule has 2 saturated heterocycles. The summed E-state index contributed by atoms with van der Waals surface area (Å²) in [7, 11) is 0. The van der Waals surface area contributed by atoms with Gasteiger partial charge in [-0.25, -0.2) is 0 Å². The van der Waals surface area contributed by atoms with Crippen molar-refractivity contribution in [3.05, 3.63) is 0 Å². The zero-order chi connectivity index (χ0) is 9.64. The molecule has 0 aliphatic carbocycles.